The van der Waals surface area contributed by atoms with Gasteiger partial charge in [0.05, 0.1) is 11.2 Å². The van der Waals surface area contributed by atoms with Gasteiger partial charge in [0.15, 0.2) is 5.76 Å². The van der Waals surface area contributed by atoms with E-state index in [2.05, 4.69) is 10.5 Å². The number of aromatic nitrogens is 1. The van der Waals surface area contributed by atoms with Gasteiger partial charge in [-0.15, -0.1) is 0 Å². The Kier molecular flexibility index (Phi) is 5.18. The highest BCUT2D eigenvalue weighted by atomic mass is 35.5. The number of benzene rings is 2. The molecule has 0 aliphatic heterocycles. The number of amides is 1. The van der Waals surface area contributed by atoms with Gasteiger partial charge in [-0.2, -0.15) is 0 Å². The second-order valence-electron chi connectivity index (χ2n) is 5.15. The van der Waals surface area contributed by atoms with E-state index >= 15 is 0 Å². The van der Waals surface area contributed by atoms with Crippen molar-refractivity contribution >= 4 is 29.1 Å². The first-order valence-corrected chi connectivity index (χ1v) is 8.13. The summed E-state index contributed by atoms with van der Waals surface area (Å²) in [7, 11) is 0. The maximum Gasteiger partial charge on any atom is 0.256 e. The van der Waals surface area contributed by atoms with Crippen molar-refractivity contribution in [1.29, 1.82) is 0 Å². The van der Waals surface area contributed by atoms with Crippen LogP contribution in [-0.4, -0.2) is 17.6 Å². The minimum Gasteiger partial charge on any atom is -0.355 e. The van der Waals surface area contributed by atoms with Gasteiger partial charge in [0.25, 0.3) is 5.91 Å². The number of nitrogens with one attached hydrogen (secondary N) is 1. The lowest BCUT2D eigenvalue weighted by Crippen LogP contribution is -2.25. The molecule has 0 spiro atoms. The van der Waals surface area contributed by atoms with Crippen molar-refractivity contribution < 1.29 is 9.32 Å². The standard InChI is InChI=1S/C18H14Cl2N2O2/c19-15-7-3-1-5-12(15)9-10-21-18(23)14-11-22-24-17(14)13-6-2-4-8-16(13)20/h1-8,11H,9-10H2,(H,21,23). The number of rotatable bonds is 5. The van der Waals surface area contributed by atoms with Crippen molar-refractivity contribution in [2.24, 2.45) is 0 Å². The molecule has 3 aromatic rings. The van der Waals surface area contributed by atoms with Gasteiger partial charge in [-0.05, 0) is 30.2 Å². The van der Waals surface area contributed by atoms with Gasteiger partial charge in [0, 0.05) is 17.1 Å². The molecule has 1 N–H and O–H groups in total. The molecule has 0 saturated carbocycles. The Hall–Kier alpha value is -2.30. The minimum atomic E-state index is -0.266. The summed E-state index contributed by atoms with van der Waals surface area (Å²) >= 11 is 12.3. The van der Waals surface area contributed by atoms with Gasteiger partial charge in [-0.25, -0.2) is 0 Å². The van der Waals surface area contributed by atoms with E-state index in [1.807, 2.05) is 36.4 Å². The first-order valence-electron chi connectivity index (χ1n) is 7.38. The number of hydrogen-bond acceptors (Lipinski definition) is 3. The van der Waals surface area contributed by atoms with Gasteiger partial charge in [0.2, 0.25) is 0 Å². The first kappa shape index (κ1) is 16.6. The smallest absolute Gasteiger partial charge is 0.256 e. The lowest BCUT2D eigenvalue weighted by Gasteiger charge is -2.07. The van der Waals surface area contributed by atoms with E-state index in [-0.39, 0.29) is 5.91 Å². The van der Waals surface area contributed by atoms with E-state index in [0.29, 0.717) is 39.9 Å². The molecule has 2 aromatic carbocycles. The zero-order chi connectivity index (χ0) is 16.9. The third-order valence-electron chi connectivity index (χ3n) is 3.57. The summed E-state index contributed by atoms with van der Waals surface area (Å²) in [5, 5.41) is 7.76. The van der Waals surface area contributed by atoms with Crippen LogP contribution in [-0.2, 0) is 6.42 Å². The molecule has 1 aromatic heterocycles. The summed E-state index contributed by atoms with van der Waals surface area (Å²) in [5.74, 6) is 0.0917. The maximum atomic E-state index is 12.4. The van der Waals surface area contributed by atoms with Crippen molar-refractivity contribution in [2.45, 2.75) is 6.42 Å². The van der Waals surface area contributed by atoms with Crippen LogP contribution in [0.1, 0.15) is 15.9 Å². The highest BCUT2D eigenvalue weighted by Crippen LogP contribution is 2.30. The highest BCUT2D eigenvalue weighted by molar-refractivity contribution is 6.33. The van der Waals surface area contributed by atoms with Crippen LogP contribution >= 0.6 is 23.2 Å². The van der Waals surface area contributed by atoms with Crippen molar-refractivity contribution in [1.82, 2.24) is 10.5 Å². The number of carbonyl (C=O) groups excluding carboxylic acids is 1. The van der Waals surface area contributed by atoms with Gasteiger partial charge < -0.3 is 9.84 Å². The Labute approximate surface area is 149 Å². The van der Waals surface area contributed by atoms with E-state index in [1.165, 1.54) is 6.20 Å². The molecule has 0 atom stereocenters. The normalized spacial score (nSPS) is 10.6. The van der Waals surface area contributed by atoms with Gasteiger partial charge in [-0.1, -0.05) is 58.7 Å². The summed E-state index contributed by atoms with van der Waals surface area (Å²) < 4.78 is 5.22. The van der Waals surface area contributed by atoms with Crippen molar-refractivity contribution in [2.75, 3.05) is 6.54 Å². The summed E-state index contributed by atoms with van der Waals surface area (Å²) in [6.45, 7) is 0.454. The van der Waals surface area contributed by atoms with Gasteiger partial charge in [0.1, 0.15) is 5.56 Å². The number of carbonyl (C=O) groups is 1. The van der Waals surface area contributed by atoms with Crippen LogP contribution in [0, 0.1) is 0 Å². The molecule has 4 nitrogen and oxygen atoms in total. The lowest BCUT2D eigenvalue weighted by molar-refractivity contribution is 0.0954. The van der Waals surface area contributed by atoms with Gasteiger partial charge in [-0.3, -0.25) is 4.79 Å². The Morgan fingerprint density at radius 3 is 2.50 bits per heavy atom. The fourth-order valence-corrected chi connectivity index (χ4v) is 2.80. The third-order valence-corrected chi connectivity index (χ3v) is 4.27. The summed E-state index contributed by atoms with van der Waals surface area (Å²) in [4.78, 5) is 12.4. The second-order valence-corrected chi connectivity index (χ2v) is 5.96. The van der Waals surface area contributed by atoms with Crippen LogP contribution < -0.4 is 5.32 Å². The van der Waals surface area contributed by atoms with Crippen molar-refractivity contribution in [3.63, 3.8) is 0 Å². The lowest BCUT2D eigenvalue weighted by atomic mass is 10.1. The van der Waals surface area contributed by atoms with Crippen LogP contribution in [0.4, 0.5) is 0 Å². The average molecular weight is 361 g/mol. The molecule has 1 heterocycles. The third kappa shape index (κ3) is 3.61. The zero-order valence-electron chi connectivity index (χ0n) is 12.6. The molecule has 0 bridgehead atoms. The quantitative estimate of drug-likeness (QED) is 0.721. The topological polar surface area (TPSA) is 55.1 Å². The first-order chi connectivity index (χ1) is 11.7. The van der Waals surface area contributed by atoms with E-state index in [1.54, 1.807) is 12.1 Å². The van der Waals surface area contributed by atoms with Crippen LogP contribution in [0.5, 0.6) is 0 Å². The highest BCUT2D eigenvalue weighted by Gasteiger charge is 2.19. The molecule has 0 fully saturated rings. The molecule has 24 heavy (non-hydrogen) atoms. The predicted molar refractivity (Wildman–Crippen MR) is 94.4 cm³/mol. The van der Waals surface area contributed by atoms with Gasteiger partial charge >= 0.3 is 0 Å². The van der Waals surface area contributed by atoms with Crippen LogP contribution in [0.15, 0.2) is 59.3 Å². The molecule has 0 unspecified atom stereocenters. The molecule has 122 valence electrons. The minimum absolute atomic E-state index is 0.266. The monoisotopic (exact) mass is 360 g/mol. The summed E-state index contributed by atoms with van der Waals surface area (Å²) in [6, 6.07) is 14.7. The Morgan fingerprint density at radius 2 is 1.75 bits per heavy atom. The van der Waals surface area contributed by atoms with Crippen LogP contribution in [0.2, 0.25) is 10.0 Å². The molecule has 0 aliphatic carbocycles. The largest absolute Gasteiger partial charge is 0.355 e. The fourth-order valence-electron chi connectivity index (χ4n) is 2.35. The van der Waals surface area contributed by atoms with E-state index in [9.17, 15) is 4.79 Å². The molecule has 0 radical (unpaired) electrons. The Balaban J connectivity index is 1.70. The summed E-state index contributed by atoms with van der Waals surface area (Å²) in [6.07, 6.45) is 2.03. The van der Waals surface area contributed by atoms with E-state index in [4.69, 9.17) is 27.7 Å². The Morgan fingerprint density at radius 1 is 1.04 bits per heavy atom. The number of hydrogen-bond donors (Lipinski definition) is 1. The van der Waals surface area contributed by atoms with Crippen LogP contribution in [0.3, 0.4) is 0 Å². The Bertz CT molecular complexity index is 861. The zero-order valence-corrected chi connectivity index (χ0v) is 14.1. The molecule has 0 aliphatic rings. The van der Waals surface area contributed by atoms with E-state index < -0.39 is 0 Å². The fraction of sp³-hybridized carbons (Fsp3) is 0.111. The molecule has 0 saturated heterocycles. The predicted octanol–water partition coefficient (Wildman–Crippen LogP) is 4.62. The second kappa shape index (κ2) is 7.51. The van der Waals surface area contributed by atoms with E-state index in [0.717, 1.165) is 5.56 Å². The molecule has 3 rings (SSSR count). The van der Waals surface area contributed by atoms with Crippen molar-refractivity contribution in [3.8, 4) is 11.3 Å². The molecule has 6 heteroatoms. The van der Waals surface area contributed by atoms with Crippen LogP contribution in [0.25, 0.3) is 11.3 Å². The average Bonchev–Trinajstić information content (AvgIpc) is 3.06. The number of nitrogens with zero attached hydrogens (tertiary/aromatic N) is 1. The molecular formula is C18H14Cl2N2O2. The van der Waals surface area contributed by atoms with Crippen molar-refractivity contribution in [3.05, 3.63) is 75.9 Å². The SMILES string of the molecule is O=C(NCCc1ccccc1Cl)c1cnoc1-c1ccccc1Cl. The summed E-state index contributed by atoms with van der Waals surface area (Å²) in [5.41, 5.74) is 1.96. The molecular weight excluding hydrogens is 347 g/mol. The maximum absolute atomic E-state index is 12.4. The molecule has 1 amide bonds. The number of halogens is 2.